The van der Waals surface area contributed by atoms with Gasteiger partial charge in [0, 0.05) is 0 Å². The van der Waals surface area contributed by atoms with Crippen LogP contribution in [0.3, 0.4) is 0 Å². The number of hydrogen-bond donors (Lipinski definition) is 2. The Hall–Kier alpha value is -2.67. The summed E-state index contributed by atoms with van der Waals surface area (Å²) >= 11 is 1.27. The number of benzene rings is 2. The molecule has 0 saturated carbocycles. The number of aromatic amines is 1. The molecule has 0 fully saturated rings. The van der Waals surface area contributed by atoms with Crippen LogP contribution in [-0.2, 0) is 4.79 Å². The van der Waals surface area contributed by atoms with E-state index in [0.29, 0.717) is 5.16 Å². The van der Waals surface area contributed by atoms with Crippen LogP contribution in [0, 0.1) is 5.82 Å². The predicted molar refractivity (Wildman–Crippen MR) is 85.9 cm³/mol. The third-order valence-corrected chi connectivity index (χ3v) is 4.00. The molecule has 0 aliphatic rings. The van der Waals surface area contributed by atoms with Gasteiger partial charge in [0.1, 0.15) is 5.82 Å². The molecule has 1 aromatic heterocycles. The highest BCUT2D eigenvalue weighted by atomic mass is 32.2. The van der Waals surface area contributed by atoms with Crippen molar-refractivity contribution in [1.29, 1.82) is 0 Å². The van der Waals surface area contributed by atoms with Crippen LogP contribution in [0.4, 0.5) is 10.1 Å². The second kappa shape index (κ2) is 7.06. The van der Waals surface area contributed by atoms with Crippen LogP contribution in [-0.4, -0.2) is 21.7 Å². The van der Waals surface area contributed by atoms with Crippen LogP contribution in [0.5, 0.6) is 0 Å². The van der Waals surface area contributed by atoms with Crippen LogP contribution >= 0.6 is 11.8 Å². The maximum absolute atomic E-state index is 13.5. The van der Waals surface area contributed by atoms with Gasteiger partial charge in [0.15, 0.2) is 5.69 Å². The Kier molecular flexibility index (Phi) is 4.68. The van der Waals surface area contributed by atoms with Gasteiger partial charge in [-0.15, -0.1) is 4.68 Å². The monoisotopic (exact) mass is 329 g/mol. The fourth-order valence-corrected chi connectivity index (χ4v) is 2.74. The van der Waals surface area contributed by atoms with Gasteiger partial charge in [-0.2, -0.15) is 5.10 Å². The van der Waals surface area contributed by atoms with Gasteiger partial charge in [-0.25, -0.2) is 4.39 Å². The molecule has 0 bridgehead atoms. The first-order valence-corrected chi connectivity index (χ1v) is 7.90. The molecule has 0 aliphatic carbocycles. The zero-order valence-electron chi connectivity index (χ0n) is 12.1. The molecule has 3 rings (SSSR count). The molecule has 0 spiro atoms. The molecule has 0 radical (unpaired) electrons. The minimum Gasteiger partial charge on any atom is -0.323 e. The van der Waals surface area contributed by atoms with Gasteiger partial charge >= 0.3 is 5.16 Å². The van der Waals surface area contributed by atoms with Gasteiger partial charge in [0.2, 0.25) is 12.2 Å². The Morgan fingerprint density at radius 3 is 2.70 bits per heavy atom. The number of nitrogens with zero attached hydrogens (tertiary/aromatic N) is 2. The molecule has 23 heavy (non-hydrogen) atoms. The summed E-state index contributed by atoms with van der Waals surface area (Å²) in [5.41, 5.74) is 1.10. The number of rotatable bonds is 5. The number of carbonyl (C=O) groups excluding carboxylic acids is 1. The summed E-state index contributed by atoms with van der Waals surface area (Å²) in [6.07, 6.45) is 1.56. The van der Waals surface area contributed by atoms with E-state index >= 15 is 0 Å². The number of amides is 1. The number of halogens is 1. The van der Waals surface area contributed by atoms with E-state index in [1.807, 2.05) is 30.3 Å². The summed E-state index contributed by atoms with van der Waals surface area (Å²) in [5, 5.41) is 6.20. The van der Waals surface area contributed by atoms with Gasteiger partial charge in [0.25, 0.3) is 0 Å². The van der Waals surface area contributed by atoms with Crippen molar-refractivity contribution < 1.29 is 13.9 Å². The second-order valence-electron chi connectivity index (χ2n) is 4.66. The van der Waals surface area contributed by atoms with E-state index in [-0.39, 0.29) is 17.3 Å². The summed E-state index contributed by atoms with van der Waals surface area (Å²) < 4.78 is 15.3. The molecular formula is C16H14FN4OS+. The lowest BCUT2D eigenvalue weighted by Gasteiger charge is -2.04. The summed E-state index contributed by atoms with van der Waals surface area (Å²) in [7, 11) is 0. The molecule has 2 aromatic carbocycles. The highest BCUT2D eigenvalue weighted by Gasteiger charge is 2.18. The summed E-state index contributed by atoms with van der Waals surface area (Å²) in [5.74, 6) is -0.612. The standard InChI is InChI=1S/C16H13FN4OS/c17-13-8-4-5-9-14(13)20-15(22)10-23-16-18-11-19-21(16)12-6-2-1-3-7-12/h1-9,11H,10H2,(H,20,22)/p+1. The number of nitrogens with one attached hydrogen (secondary N) is 2. The van der Waals surface area contributed by atoms with E-state index in [2.05, 4.69) is 15.4 Å². The number of para-hydroxylation sites is 2. The number of H-pyrrole nitrogens is 1. The molecule has 2 N–H and O–H groups in total. The van der Waals surface area contributed by atoms with E-state index < -0.39 is 5.82 Å². The van der Waals surface area contributed by atoms with Crippen molar-refractivity contribution in [3.8, 4) is 5.69 Å². The molecule has 5 nitrogen and oxygen atoms in total. The summed E-state index contributed by atoms with van der Waals surface area (Å²) in [6.45, 7) is 0. The highest BCUT2D eigenvalue weighted by molar-refractivity contribution is 7.99. The average molecular weight is 329 g/mol. The van der Waals surface area contributed by atoms with Crippen molar-refractivity contribution in [1.82, 2.24) is 10.1 Å². The summed E-state index contributed by atoms with van der Waals surface area (Å²) in [4.78, 5) is 16.2. The Morgan fingerprint density at radius 2 is 1.91 bits per heavy atom. The summed E-state index contributed by atoms with van der Waals surface area (Å²) in [6, 6.07) is 15.7. The molecule has 3 aromatic rings. The maximum atomic E-state index is 13.5. The van der Waals surface area contributed by atoms with Crippen molar-refractivity contribution >= 4 is 23.4 Å². The molecule has 1 amide bonds. The van der Waals surface area contributed by atoms with E-state index in [1.54, 1.807) is 23.1 Å². The Morgan fingerprint density at radius 1 is 1.17 bits per heavy atom. The van der Waals surface area contributed by atoms with Crippen LogP contribution in [0.15, 0.2) is 66.1 Å². The van der Waals surface area contributed by atoms with Crippen LogP contribution in [0.1, 0.15) is 0 Å². The van der Waals surface area contributed by atoms with Gasteiger partial charge in [-0.3, -0.25) is 4.79 Å². The van der Waals surface area contributed by atoms with Crippen LogP contribution in [0.25, 0.3) is 5.69 Å². The highest BCUT2D eigenvalue weighted by Crippen LogP contribution is 2.15. The first-order valence-electron chi connectivity index (χ1n) is 6.92. The topological polar surface area (TPSA) is 61.7 Å². The zero-order valence-corrected chi connectivity index (χ0v) is 12.9. The number of anilines is 1. The first-order chi connectivity index (χ1) is 11.2. The van der Waals surface area contributed by atoms with Crippen molar-refractivity contribution in [2.45, 2.75) is 5.16 Å². The zero-order chi connectivity index (χ0) is 16.1. The van der Waals surface area contributed by atoms with Crippen LogP contribution < -0.4 is 10.00 Å². The molecule has 0 saturated heterocycles. The smallest absolute Gasteiger partial charge is 0.323 e. The quantitative estimate of drug-likeness (QED) is 0.559. The van der Waals surface area contributed by atoms with Crippen molar-refractivity contribution in [2.24, 2.45) is 0 Å². The average Bonchev–Trinajstić information content (AvgIpc) is 3.04. The Bertz CT molecular complexity index is 807. The minimum absolute atomic E-state index is 0.131. The van der Waals surface area contributed by atoms with Crippen molar-refractivity contribution in [2.75, 3.05) is 11.1 Å². The number of thioether (sulfide) groups is 1. The number of carbonyl (C=O) groups is 1. The fourth-order valence-electron chi connectivity index (χ4n) is 2.00. The molecule has 116 valence electrons. The normalized spacial score (nSPS) is 10.5. The van der Waals surface area contributed by atoms with E-state index in [9.17, 15) is 9.18 Å². The Labute approximate surface area is 136 Å². The number of aromatic nitrogens is 3. The van der Waals surface area contributed by atoms with E-state index in [0.717, 1.165) is 5.69 Å². The third-order valence-electron chi connectivity index (χ3n) is 3.05. The third kappa shape index (κ3) is 3.75. The van der Waals surface area contributed by atoms with Gasteiger partial charge in [-0.1, -0.05) is 30.3 Å². The van der Waals surface area contributed by atoms with Crippen LogP contribution in [0.2, 0.25) is 0 Å². The van der Waals surface area contributed by atoms with Gasteiger partial charge in [-0.05, 0) is 41.0 Å². The van der Waals surface area contributed by atoms with Gasteiger partial charge < -0.3 is 5.32 Å². The van der Waals surface area contributed by atoms with E-state index in [4.69, 9.17) is 0 Å². The lowest BCUT2D eigenvalue weighted by atomic mass is 10.3. The molecule has 0 atom stereocenters. The fraction of sp³-hybridized carbons (Fsp3) is 0.0625. The van der Waals surface area contributed by atoms with E-state index in [1.165, 1.54) is 23.9 Å². The molecular weight excluding hydrogens is 315 g/mol. The molecule has 0 unspecified atom stereocenters. The molecule has 7 heteroatoms. The number of hydrogen-bond acceptors (Lipinski definition) is 3. The predicted octanol–water partition coefficient (Wildman–Crippen LogP) is 2.56. The lowest BCUT2D eigenvalue weighted by molar-refractivity contribution is -0.694. The minimum atomic E-state index is -0.454. The Balaban J connectivity index is 1.64. The van der Waals surface area contributed by atoms with Crippen molar-refractivity contribution in [3.05, 3.63) is 66.7 Å². The first kappa shape index (κ1) is 15.2. The van der Waals surface area contributed by atoms with Crippen molar-refractivity contribution in [3.63, 3.8) is 0 Å². The molecule has 0 aliphatic heterocycles. The largest absolute Gasteiger partial charge is 0.385 e. The maximum Gasteiger partial charge on any atom is 0.385 e. The SMILES string of the molecule is O=C(CSc1nc[nH][n+]1-c1ccccc1)Nc1ccccc1F. The van der Waals surface area contributed by atoms with Gasteiger partial charge in [0.05, 0.1) is 11.4 Å². The lowest BCUT2D eigenvalue weighted by Crippen LogP contribution is -2.35. The second-order valence-corrected chi connectivity index (χ2v) is 5.60. The molecule has 1 heterocycles.